The highest BCUT2D eigenvalue weighted by molar-refractivity contribution is 7.89. The maximum absolute atomic E-state index is 13.5. The fourth-order valence-corrected chi connectivity index (χ4v) is 5.93. The van der Waals surface area contributed by atoms with Crippen molar-refractivity contribution in [3.05, 3.63) is 57.9 Å². The summed E-state index contributed by atoms with van der Waals surface area (Å²) in [4.78, 5) is 18.4. The molecule has 4 rings (SSSR count). The Morgan fingerprint density at radius 1 is 1.23 bits per heavy atom. The highest BCUT2D eigenvalue weighted by Gasteiger charge is 2.42. The van der Waals surface area contributed by atoms with Crippen LogP contribution < -0.4 is 9.94 Å². The SMILES string of the molecule is C#CCn1c(=NC(=O)C2(c3ccc(Cl)cc3)CCCC2)sc2cc(S(N)(=O)=O)ccc21. The lowest BCUT2D eigenvalue weighted by Gasteiger charge is -2.25. The molecular weight excluding hydrogens is 454 g/mol. The summed E-state index contributed by atoms with van der Waals surface area (Å²) in [6, 6.07) is 11.9. The molecule has 2 aromatic carbocycles. The average molecular weight is 474 g/mol. The van der Waals surface area contributed by atoms with Gasteiger partial charge in [0, 0.05) is 5.02 Å². The topological polar surface area (TPSA) is 94.5 Å². The third-order valence-corrected chi connectivity index (χ3v) is 7.90. The molecule has 0 radical (unpaired) electrons. The molecule has 9 heteroatoms. The lowest BCUT2D eigenvalue weighted by atomic mass is 9.78. The van der Waals surface area contributed by atoms with Crippen LogP contribution in [0.5, 0.6) is 0 Å². The van der Waals surface area contributed by atoms with E-state index in [1.54, 1.807) is 22.8 Å². The number of fused-ring (bicyclic) bond motifs is 1. The zero-order valence-corrected chi connectivity index (χ0v) is 18.9. The van der Waals surface area contributed by atoms with Gasteiger partial charge in [-0.2, -0.15) is 4.99 Å². The van der Waals surface area contributed by atoms with Gasteiger partial charge in [0.2, 0.25) is 10.0 Å². The number of nitrogens with zero attached hydrogens (tertiary/aromatic N) is 2. The van der Waals surface area contributed by atoms with Crippen molar-refractivity contribution >= 4 is 49.1 Å². The molecule has 1 aliphatic rings. The standard InChI is InChI=1S/C22H20ClN3O3S2/c1-2-13-26-18-10-9-17(31(24,28)29)14-19(18)30-21(26)25-20(27)22(11-3-4-12-22)15-5-7-16(23)8-6-15/h1,5-10,14H,3-4,11-13H2,(H2,24,28,29). The lowest BCUT2D eigenvalue weighted by molar-refractivity contribution is -0.123. The van der Waals surface area contributed by atoms with Crippen LogP contribution in [-0.4, -0.2) is 18.9 Å². The maximum atomic E-state index is 13.5. The van der Waals surface area contributed by atoms with Gasteiger partial charge in [-0.3, -0.25) is 4.79 Å². The number of carbonyl (C=O) groups excluding carboxylic acids is 1. The summed E-state index contributed by atoms with van der Waals surface area (Å²) in [5.74, 6) is 2.35. The van der Waals surface area contributed by atoms with Crippen LogP contribution in [0.15, 0.2) is 52.4 Å². The van der Waals surface area contributed by atoms with Crippen LogP contribution in [-0.2, 0) is 26.8 Å². The predicted molar refractivity (Wildman–Crippen MR) is 122 cm³/mol. The fraction of sp³-hybridized carbons (Fsp3) is 0.273. The molecular formula is C22H20ClN3O3S2. The molecule has 31 heavy (non-hydrogen) atoms. The summed E-state index contributed by atoms with van der Waals surface area (Å²) in [6.07, 6.45) is 8.86. The van der Waals surface area contributed by atoms with E-state index in [1.165, 1.54) is 23.5 Å². The number of hydrogen-bond donors (Lipinski definition) is 1. The molecule has 0 spiro atoms. The second kappa shape index (κ2) is 8.24. The summed E-state index contributed by atoms with van der Waals surface area (Å²) in [5, 5.41) is 5.87. The second-order valence-electron chi connectivity index (χ2n) is 7.56. The average Bonchev–Trinajstić information content (AvgIpc) is 3.34. The molecule has 1 fully saturated rings. The van der Waals surface area contributed by atoms with Crippen molar-refractivity contribution < 1.29 is 13.2 Å². The van der Waals surface area contributed by atoms with Gasteiger partial charge in [-0.05, 0) is 48.7 Å². The zero-order chi connectivity index (χ0) is 22.2. The number of rotatable bonds is 4. The van der Waals surface area contributed by atoms with Crippen molar-refractivity contribution in [3.63, 3.8) is 0 Å². The number of primary sulfonamides is 1. The first kappa shape index (κ1) is 21.8. The van der Waals surface area contributed by atoms with Crippen LogP contribution in [0.25, 0.3) is 10.2 Å². The van der Waals surface area contributed by atoms with Crippen LogP contribution in [0.2, 0.25) is 5.02 Å². The monoisotopic (exact) mass is 473 g/mol. The van der Waals surface area contributed by atoms with Gasteiger partial charge in [0.25, 0.3) is 5.91 Å². The zero-order valence-electron chi connectivity index (χ0n) is 16.5. The van der Waals surface area contributed by atoms with Crippen LogP contribution in [0.4, 0.5) is 0 Å². The van der Waals surface area contributed by atoms with Crippen LogP contribution in [0, 0.1) is 12.3 Å². The predicted octanol–water partition coefficient (Wildman–Crippen LogP) is 3.58. The largest absolute Gasteiger partial charge is 0.305 e. The minimum atomic E-state index is -3.85. The van der Waals surface area contributed by atoms with Crippen molar-refractivity contribution in [1.82, 2.24) is 4.57 Å². The Kier molecular flexibility index (Phi) is 5.79. The van der Waals surface area contributed by atoms with E-state index >= 15 is 0 Å². The summed E-state index contributed by atoms with van der Waals surface area (Å²) >= 11 is 7.25. The number of benzene rings is 2. The smallest absolute Gasteiger partial charge is 0.258 e. The van der Waals surface area contributed by atoms with E-state index in [0.717, 1.165) is 18.4 Å². The number of amides is 1. The van der Waals surface area contributed by atoms with Crippen molar-refractivity contribution in [3.8, 4) is 12.3 Å². The third-order valence-electron chi connectivity index (χ3n) is 5.69. The van der Waals surface area contributed by atoms with Gasteiger partial charge in [0.1, 0.15) is 0 Å². The minimum absolute atomic E-state index is 0.000381. The van der Waals surface area contributed by atoms with E-state index < -0.39 is 15.4 Å². The molecule has 0 bridgehead atoms. The van der Waals surface area contributed by atoms with E-state index in [4.69, 9.17) is 23.2 Å². The molecule has 0 unspecified atom stereocenters. The number of terminal acetylenes is 1. The normalized spacial score (nSPS) is 16.5. The Balaban J connectivity index is 1.87. The molecule has 6 nitrogen and oxygen atoms in total. The Hall–Kier alpha value is -2.44. The quantitative estimate of drug-likeness (QED) is 0.587. The number of nitrogens with two attached hydrogens (primary N) is 1. The molecule has 2 N–H and O–H groups in total. The van der Waals surface area contributed by atoms with Gasteiger partial charge in [-0.15, -0.1) is 6.42 Å². The highest BCUT2D eigenvalue weighted by Crippen LogP contribution is 2.42. The summed E-state index contributed by atoms with van der Waals surface area (Å²) in [7, 11) is -3.85. The fourth-order valence-electron chi connectivity index (χ4n) is 4.13. The van der Waals surface area contributed by atoms with Crippen molar-refractivity contribution in [1.29, 1.82) is 0 Å². The molecule has 160 valence electrons. The Morgan fingerprint density at radius 2 is 1.90 bits per heavy atom. The number of hydrogen-bond acceptors (Lipinski definition) is 4. The summed E-state index contributed by atoms with van der Waals surface area (Å²) < 4.78 is 25.8. The van der Waals surface area contributed by atoms with Crippen molar-refractivity contribution in [2.24, 2.45) is 10.1 Å². The summed E-state index contributed by atoms with van der Waals surface area (Å²) in [6.45, 7) is 0.203. The first-order valence-electron chi connectivity index (χ1n) is 9.69. The molecule has 1 amide bonds. The Bertz CT molecular complexity index is 1370. The molecule has 1 aromatic heterocycles. The van der Waals surface area contributed by atoms with Gasteiger partial charge >= 0.3 is 0 Å². The maximum Gasteiger partial charge on any atom is 0.258 e. The number of aromatic nitrogens is 1. The number of sulfonamides is 1. The minimum Gasteiger partial charge on any atom is -0.305 e. The molecule has 1 saturated carbocycles. The van der Waals surface area contributed by atoms with Crippen LogP contribution >= 0.6 is 22.9 Å². The van der Waals surface area contributed by atoms with Crippen LogP contribution in [0.3, 0.4) is 0 Å². The van der Waals surface area contributed by atoms with Crippen molar-refractivity contribution in [2.45, 2.75) is 42.5 Å². The number of halogens is 1. The Labute approximate surface area is 189 Å². The first-order valence-corrected chi connectivity index (χ1v) is 12.4. The molecule has 0 saturated heterocycles. The van der Waals surface area contributed by atoms with Gasteiger partial charge in [-0.1, -0.05) is 53.8 Å². The van der Waals surface area contributed by atoms with Gasteiger partial charge < -0.3 is 4.57 Å². The van der Waals surface area contributed by atoms with Gasteiger partial charge in [0.05, 0.1) is 27.1 Å². The molecule has 1 aliphatic carbocycles. The van der Waals surface area contributed by atoms with E-state index in [2.05, 4.69) is 10.9 Å². The van der Waals surface area contributed by atoms with Crippen molar-refractivity contribution in [2.75, 3.05) is 0 Å². The third kappa shape index (κ3) is 4.06. The molecule has 0 aliphatic heterocycles. The van der Waals surface area contributed by atoms with E-state index in [9.17, 15) is 13.2 Å². The van der Waals surface area contributed by atoms with E-state index in [1.807, 2.05) is 12.1 Å². The molecule has 0 atom stereocenters. The molecule has 1 heterocycles. The lowest BCUT2D eigenvalue weighted by Crippen LogP contribution is -2.33. The van der Waals surface area contributed by atoms with Crippen LogP contribution in [0.1, 0.15) is 31.2 Å². The number of carbonyl (C=O) groups is 1. The number of thiazole rings is 1. The van der Waals surface area contributed by atoms with Gasteiger partial charge in [-0.25, -0.2) is 13.6 Å². The molecule has 3 aromatic rings. The summed E-state index contributed by atoms with van der Waals surface area (Å²) in [5.41, 5.74) is 0.915. The second-order valence-corrected chi connectivity index (χ2v) is 10.6. The highest BCUT2D eigenvalue weighted by atomic mass is 35.5. The first-order chi connectivity index (χ1) is 14.7. The van der Waals surface area contributed by atoms with Gasteiger partial charge in [0.15, 0.2) is 4.80 Å². The van der Waals surface area contributed by atoms with E-state index in [-0.39, 0.29) is 17.3 Å². The Morgan fingerprint density at radius 3 is 2.52 bits per heavy atom. The van der Waals surface area contributed by atoms with E-state index in [0.29, 0.717) is 32.9 Å².